The molecule has 0 saturated heterocycles. The summed E-state index contributed by atoms with van der Waals surface area (Å²) in [5.41, 5.74) is 0.874. The molecule has 0 radical (unpaired) electrons. The molecule has 4 spiro atoms. The predicted molar refractivity (Wildman–Crippen MR) is 117 cm³/mol. The Kier molecular flexibility index (Phi) is 2.95. The zero-order chi connectivity index (χ0) is 20.9. The molecule has 1 aromatic carbocycles. The van der Waals surface area contributed by atoms with E-state index in [1.807, 2.05) is 20.8 Å². The lowest BCUT2D eigenvalue weighted by molar-refractivity contribution is -0.0323. The van der Waals surface area contributed by atoms with E-state index in [0.29, 0.717) is 0 Å². The zero-order valence-electron chi connectivity index (χ0n) is 18.6. The fourth-order valence-corrected chi connectivity index (χ4v) is 15.2. The molecule has 30 heavy (non-hydrogen) atoms. The first kappa shape index (κ1) is 18.7. The van der Waals surface area contributed by atoms with Crippen molar-refractivity contribution in [2.24, 2.45) is 21.7 Å². The van der Waals surface area contributed by atoms with Crippen LogP contribution in [0.3, 0.4) is 0 Å². The molecule has 4 unspecified atom stereocenters. The molecule has 0 bridgehead atoms. The zero-order valence-corrected chi connectivity index (χ0v) is 19.4. The molecule has 0 heterocycles. The molecular formula is C26H34O3S. The monoisotopic (exact) mass is 426 g/mol. The highest BCUT2D eigenvalue weighted by atomic mass is 32.2. The summed E-state index contributed by atoms with van der Waals surface area (Å²) < 4.78 is 34.0. The van der Waals surface area contributed by atoms with Crippen LogP contribution < -0.4 is 0 Å². The van der Waals surface area contributed by atoms with Crippen LogP contribution >= 0.6 is 0 Å². The first-order chi connectivity index (χ1) is 14.2. The molecule has 7 fully saturated rings. The van der Waals surface area contributed by atoms with Gasteiger partial charge in [-0.15, -0.1) is 0 Å². The minimum atomic E-state index is -3.69. The van der Waals surface area contributed by atoms with Gasteiger partial charge in [-0.2, -0.15) is 8.42 Å². The summed E-state index contributed by atoms with van der Waals surface area (Å²) in [4.78, 5) is 0. The van der Waals surface area contributed by atoms with E-state index in [1.54, 1.807) is 0 Å². The molecule has 4 atom stereocenters. The summed E-state index contributed by atoms with van der Waals surface area (Å²) in [5, 5.41) is 0. The second-order valence-corrected chi connectivity index (χ2v) is 13.9. The highest BCUT2D eigenvalue weighted by Gasteiger charge is 3.38. The van der Waals surface area contributed by atoms with E-state index in [4.69, 9.17) is 4.18 Å². The Morgan fingerprint density at radius 3 is 1.67 bits per heavy atom. The summed E-state index contributed by atoms with van der Waals surface area (Å²) in [7, 11) is -3.69. The van der Waals surface area contributed by atoms with Crippen molar-refractivity contribution in [1.29, 1.82) is 0 Å². The average molecular weight is 427 g/mol. The smallest absolute Gasteiger partial charge is 0.264 e. The first-order valence-electron chi connectivity index (χ1n) is 12.2. The van der Waals surface area contributed by atoms with Gasteiger partial charge in [-0.05, 0) is 62.8 Å². The number of rotatable bonds is 3. The average Bonchev–Trinajstić information content (AvgIpc) is 3.32. The Bertz CT molecular complexity index is 1030. The quantitative estimate of drug-likeness (QED) is 0.579. The van der Waals surface area contributed by atoms with Crippen LogP contribution in [0, 0.1) is 21.7 Å². The third-order valence-electron chi connectivity index (χ3n) is 10.9. The van der Waals surface area contributed by atoms with Crippen LogP contribution in [0.2, 0.25) is 0 Å². The van der Waals surface area contributed by atoms with Gasteiger partial charge in [0.05, 0.1) is 5.60 Å². The van der Waals surface area contributed by atoms with Gasteiger partial charge in [0.1, 0.15) is 4.75 Å². The SMILES string of the molecule is CC(C)(C)OS(=O)(=O)C12C34CCCCCC35C3(CCCCCC341)C52c1ccccc1. The summed E-state index contributed by atoms with van der Waals surface area (Å²) in [6, 6.07) is 10.8. The van der Waals surface area contributed by atoms with Gasteiger partial charge in [0.25, 0.3) is 10.1 Å². The Morgan fingerprint density at radius 1 is 0.733 bits per heavy atom. The minimum absolute atomic E-state index is 0.00619. The van der Waals surface area contributed by atoms with E-state index in [-0.39, 0.29) is 27.1 Å². The van der Waals surface area contributed by atoms with Gasteiger partial charge in [-0.25, -0.2) is 0 Å². The lowest BCUT2D eigenvalue weighted by atomic mass is 9.53. The van der Waals surface area contributed by atoms with Crippen molar-refractivity contribution in [1.82, 2.24) is 0 Å². The lowest BCUT2D eigenvalue weighted by Crippen LogP contribution is -2.61. The van der Waals surface area contributed by atoms with E-state index in [9.17, 15) is 8.42 Å². The van der Waals surface area contributed by atoms with Crippen LogP contribution in [0.15, 0.2) is 30.3 Å². The van der Waals surface area contributed by atoms with Gasteiger partial charge >= 0.3 is 0 Å². The van der Waals surface area contributed by atoms with Crippen LogP contribution in [0.5, 0.6) is 0 Å². The first-order valence-corrected chi connectivity index (χ1v) is 13.6. The van der Waals surface area contributed by atoms with E-state index in [0.717, 1.165) is 12.8 Å². The molecule has 0 aliphatic heterocycles. The molecule has 1 aromatic rings. The van der Waals surface area contributed by atoms with Crippen molar-refractivity contribution in [3.05, 3.63) is 35.9 Å². The second kappa shape index (κ2) is 4.73. The van der Waals surface area contributed by atoms with E-state index in [2.05, 4.69) is 30.3 Å². The Hall–Kier alpha value is -0.870. The van der Waals surface area contributed by atoms with Gasteiger partial charge < -0.3 is 0 Å². The van der Waals surface area contributed by atoms with Gasteiger partial charge in [0.2, 0.25) is 0 Å². The Balaban J connectivity index is 1.53. The third kappa shape index (κ3) is 1.18. The van der Waals surface area contributed by atoms with Gasteiger partial charge in [0, 0.05) is 16.2 Å². The Labute approximate surface area is 181 Å². The maximum atomic E-state index is 14.3. The van der Waals surface area contributed by atoms with E-state index < -0.39 is 20.5 Å². The fraction of sp³-hybridized carbons (Fsp3) is 0.769. The van der Waals surface area contributed by atoms with E-state index in [1.165, 1.54) is 56.9 Å². The van der Waals surface area contributed by atoms with Crippen LogP contribution in [0.4, 0.5) is 0 Å². The highest BCUT2D eigenvalue weighted by Crippen LogP contribution is 3.32. The number of hydrogen-bond donors (Lipinski definition) is 0. The topological polar surface area (TPSA) is 43.4 Å². The molecular weight excluding hydrogens is 392 g/mol. The Morgan fingerprint density at radius 2 is 1.20 bits per heavy atom. The van der Waals surface area contributed by atoms with Gasteiger partial charge in [-0.3, -0.25) is 4.18 Å². The van der Waals surface area contributed by atoms with Crippen LogP contribution in [0.25, 0.3) is 0 Å². The second-order valence-electron chi connectivity index (χ2n) is 12.2. The summed E-state index contributed by atoms with van der Waals surface area (Å²) in [5.74, 6) is 0. The van der Waals surface area contributed by atoms with Gasteiger partial charge in [-0.1, -0.05) is 68.9 Å². The molecule has 162 valence electrons. The van der Waals surface area contributed by atoms with Crippen LogP contribution in [0.1, 0.15) is 90.5 Å². The van der Waals surface area contributed by atoms with E-state index >= 15 is 0 Å². The maximum absolute atomic E-state index is 14.3. The molecule has 7 aliphatic rings. The molecule has 3 nitrogen and oxygen atoms in total. The van der Waals surface area contributed by atoms with Crippen molar-refractivity contribution in [2.75, 3.05) is 0 Å². The summed E-state index contributed by atoms with van der Waals surface area (Å²) in [6.07, 6.45) is 12.1. The van der Waals surface area contributed by atoms with Crippen molar-refractivity contribution >= 4 is 10.1 Å². The molecule has 4 heteroatoms. The fourth-order valence-electron chi connectivity index (χ4n) is 11.9. The van der Waals surface area contributed by atoms with Crippen molar-refractivity contribution in [3.63, 3.8) is 0 Å². The van der Waals surface area contributed by atoms with Gasteiger partial charge in [0.15, 0.2) is 0 Å². The molecule has 7 saturated carbocycles. The molecule has 0 aromatic heterocycles. The van der Waals surface area contributed by atoms with Crippen LogP contribution in [-0.4, -0.2) is 18.8 Å². The van der Waals surface area contributed by atoms with Crippen LogP contribution in [-0.2, 0) is 19.7 Å². The predicted octanol–water partition coefficient (Wildman–Crippen LogP) is 5.74. The normalized spacial score (nSPS) is 52.4. The molecule has 7 aliphatic carbocycles. The standard InChI is InChI=1S/C26H34O3S/c1-20(2,3)29-30(27,28)26-23-17-11-5-9-15-21(23)22(16-10-6-12-18-24(22,23)26)25(21,26)19-13-7-4-8-14-19/h4,7-8,13-14H,5-6,9-12,15-18H2,1-3H3. The van der Waals surface area contributed by atoms with Crippen molar-refractivity contribution < 1.29 is 12.6 Å². The minimum Gasteiger partial charge on any atom is -0.264 e. The molecule has 0 N–H and O–H groups in total. The summed E-state index contributed by atoms with van der Waals surface area (Å²) >= 11 is 0. The van der Waals surface area contributed by atoms with Crippen molar-refractivity contribution in [2.45, 2.75) is 101 Å². The largest absolute Gasteiger partial charge is 0.275 e. The highest BCUT2D eigenvalue weighted by molar-refractivity contribution is 7.89. The number of benzene rings is 1. The number of hydrogen-bond acceptors (Lipinski definition) is 3. The lowest BCUT2D eigenvalue weighted by Gasteiger charge is -2.49. The van der Waals surface area contributed by atoms with Crippen molar-refractivity contribution in [3.8, 4) is 0 Å². The summed E-state index contributed by atoms with van der Waals surface area (Å²) in [6.45, 7) is 5.68. The molecule has 0 amide bonds. The maximum Gasteiger partial charge on any atom is 0.275 e. The third-order valence-corrected chi connectivity index (χ3v) is 13.4. The molecule has 8 rings (SSSR count).